The van der Waals surface area contributed by atoms with E-state index < -0.39 is 0 Å². The van der Waals surface area contributed by atoms with Crippen molar-refractivity contribution < 1.29 is 22.1 Å². The first-order valence-corrected chi connectivity index (χ1v) is 5.53. The van der Waals surface area contributed by atoms with E-state index in [9.17, 15) is 5.11 Å². The molecule has 0 radical (unpaired) electrons. The van der Waals surface area contributed by atoms with E-state index in [-0.39, 0.29) is 18.2 Å². The van der Waals surface area contributed by atoms with Gasteiger partial charge in [0.05, 0.1) is 6.42 Å². The standard InChI is InChI=1S/C10H16N4OS.ClH/c1-4-11-10(16)13-12-8-5-6-14(3)7(2)9(8)15;/h6H,4-5H2,1-3H3,(H2-,11,13,15,16);1H. The second kappa shape index (κ2) is 7.24. The molecule has 0 unspecified atom stereocenters. The summed E-state index contributed by atoms with van der Waals surface area (Å²) < 4.78 is 1.87. The van der Waals surface area contributed by atoms with Crippen molar-refractivity contribution in [1.82, 2.24) is 10.7 Å². The Balaban J connectivity index is 0.00000256. The van der Waals surface area contributed by atoms with Gasteiger partial charge in [-0.2, -0.15) is 5.10 Å². The Hall–Kier alpha value is -1.14. The van der Waals surface area contributed by atoms with Gasteiger partial charge in [0.25, 0.3) is 0 Å². The van der Waals surface area contributed by atoms with Crippen molar-refractivity contribution in [3.63, 3.8) is 0 Å². The topological polar surface area (TPSA) is 59.7 Å². The molecule has 0 aliphatic carbocycles. The lowest BCUT2D eigenvalue weighted by molar-refractivity contribution is -0.442. The third kappa shape index (κ3) is 4.32. The van der Waals surface area contributed by atoms with Gasteiger partial charge in [0.2, 0.25) is 11.5 Å². The maximum absolute atomic E-state index is 9.83. The molecule has 0 fully saturated rings. The molecule has 1 rings (SSSR count). The van der Waals surface area contributed by atoms with Crippen LogP contribution in [0.4, 0.5) is 0 Å². The van der Waals surface area contributed by atoms with Crippen molar-refractivity contribution in [2.45, 2.75) is 20.3 Å². The Morgan fingerprint density at radius 2 is 2.29 bits per heavy atom. The molecule has 0 amide bonds. The first-order valence-electron chi connectivity index (χ1n) is 5.13. The van der Waals surface area contributed by atoms with Gasteiger partial charge in [-0.15, -0.1) is 0 Å². The molecule has 0 spiro atoms. The Bertz CT molecular complexity index is 390. The van der Waals surface area contributed by atoms with Gasteiger partial charge in [0.15, 0.2) is 11.3 Å². The molecule has 1 aliphatic heterocycles. The number of thiocarbonyl (C=S) groups is 1. The van der Waals surface area contributed by atoms with Crippen molar-refractivity contribution in [2.75, 3.05) is 13.6 Å². The number of aliphatic hydroxyl groups excluding tert-OH is 1. The molecule has 0 bridgehead atoms. The lowest BCUT2D eigenvalue weighted by Crippen LogP contribution is -3.00. The van der Waals surface area contributed by atoms with Gasteiger partial charge < -0.3 is 22.8 Å². The number of allylic oxidation sites excluding steroid dienone is 2. The van der Waals surface area contributed by atoms with Crippen LogP contribution in [0.3, 0.4) is 0 Å². The normalized spacial score (nSPS) is 17.4. The molecule has 0 aromatic rings. The molecule has 0 saturated heterocycles. The highest BCUT2D eigenvalue weighted by atomic mass is 35.5. The van der Waals surface area contributed by atoms with Gasteiger partial charge in [-0.3, -0.25) is 5.43 Å². The zero-order chi connectivity index (χ0) is 12.1. The second-order valence-electron chi connectivity index (χ2n) is 3.46. The fourth-order valence-corrected chi connectivity index (χ4v) is 1.44. The van der Waals surface area contributed by atoms with Crippen LogP contribution < -0.4 is 23.1 Å². The molecule has 3 N–H and O–H groups in total. The third-order valence-electron chi connectivity index (χ3n) is 2.33. The van der Waals surface area contributed by atoms with Crippen LogP contribution in [0.5, 0.6) is 0 Å². The maximum atomic E-state index is 9.83. The van der Waals surface area contributed by atoms with Crippen molar-refractivity contribution in [1.29, 1.82) is 0 Å². The summed E-state index contributed by atoms with van der Waals surface area (Å²) in [7, 11) is 1.89. The number of aliphatic hydroxyl groups is 1. The molecule has 0 atom stereocenters. The lowest BCUT2D eigenvalue weighted by Gasteiger charge is -2.10. The molecule has 0 saturated carbocycles. The SMILES string of the molecule is CCNC(=S)NN=C1CC=[N+](C)C(C)=C1O.[Cl-]. The molecule has 96 valence electrons. The Morgan fingerprint density at radius 1 is 1.65 bits per heavy atom. The van der Waals surface area contributed by atoms with Gasteiger partial charge in [-0.1, -0.05) is 0 Å². The van der Waals surface area contributed by atoms with Crippen LogP contribution in [0.2, 0.25) is 0 Å². The van der Waals surface area contributed by atoms with Crippen LogP contribution in [0.15, 0.2) is 16.6 Å². The van der Waals surface area contributed by atoms with Gasteiger partial charge in [-0.05, 0) is 19.1 Å². The lowest BCUT2D eigenvalue weighted by atomic mass is 10.1. The number of hydrazone groups is 1. The van der Waals surface area contributed by atoms with Gasteiger partial charge >= 0.3 is 0 Å². The van der Waals surface area contributed by atoms with Crippen LogP contribution >= 0.6 is 12.2 Å². The average molecular weight is 277 g/mol. The highest BCUT2D eigenvalue weighted by molar-refractivity contribution is 7.80. The Morgan fingerprint density at radius 3 is 2.88 bits per heavy atom. The van der Waals surface area contributed by atoms with Crippen LogP contribution in [-0.4, -0.2) is 40.3 Å². The Kier molecular flexibility index (Phi) is 6.75. The van der Waals surface area contributed by atoms with E-state index in [1.165, 1.54) is 0 Å². The summed E-state index contributed by atoms with van der Waals surface area (Å²) >= 11 is 4.97. The summed E-state index contributed by atoms with van der Waals surface area (Å²) in [5.41, 5.74) is 4.07. The highest BCUT2D eigenvalue weighted by Crippen LogP contribution is 2.09. The predicted octanol–water partition coefficient (Wildman–Crippen LogP) is -2.26. The fourth-order valence-electron chi connectivity index (χ4n) is 1.25. The molecule has 1 heterocycles. The number of nitrogens with zero attached hydrogens (tertiary/aromatic N) is 2. The number of rotatable bonds is 2. The van der Waals surface area contributed by atoms with Crippen molar-refractivity contribution in [3.05, 3.63) is 11.5 Å². The van der Waals surface area contributed by atoms with Crippen molar-refractivity contribution >= 4 is 29.3 Å². The van der Waals surface area contributed by atoms with Crippen LogP contribution in [-0.2, 0) is 0 Å². The fraction of sp³-hybridized carbons (Fsp3) is 0.500. The predicted molar refractivity (Wildman–Crippen MR) is 69.0 cm³/mol. The first kappa shape index (κ1) is 15.9. The summed E-state index contributed by atoms with van der Waals surface area (Å²) in [6.07, 6.45) is 2.53. The zero-order valence-electron chi connectivity index (χ0n) is 10.1. The second-order valence-corrected chi connectivity index (χ2v) is 3.87. The van der Waals surface area contributed by atoms with E-state index in [0.717, 1.165) is 12.2 Å². The van der Waals surface area contributed by atoms with E-state index in [1.807, 2.05) is 31.7 Å². The molecule has 1 aliphatic rings. The van der Waals surface area contributed by atoms with Crippen molar-refractivity contribution in [2.24, 2.45) is 5.10 Å². The zero-order valence-corrected chi connectivity index (χ0v) is 11.7. The summed E-state index contributed by atoms with van der Waals surface area (Å²) in [6, 6.07) is 0. The summed E-state index contributed by atoms with van der Waals surface area (Å²) in [4.78, 5) is 0. The molecule has 7 heteroatoms. The van der Waals surface area contributed by atoms with Gasteiger partial charge in [-0.25, -0.2) is 4.58 Å². The monoisotopic (exact) mass is 276 g/mol. The van der Waals surface area contributed by atoms with E-state index in [2.05, 4.69) is 15.8 Å². The smallest absolute Gasteiger partial charge is 0.221 e. The molecule has 5 nitrogen and oxygen atoms in total. The number of nitrogens with one attached hydrogen (secondary N) is 2. The van der Waals surface area contributed by atoms with Gasteiger partial charge in [0.1, 0.15) is 12.8 Å². The van der Waals surface area contributed by atoms with Crippen LogP contribution in [0.25, 0.3) is 0 Å². The van der Waals surface area contributed by atoms with Gasteiger partial charge in [0, 0.05) is 13.5 Å². The van der Waals surface area contributed by atoms with E-state index in [4.69, 9.17) is 12.2 Å². The third-order valence-corrected chi connectivity index (χ3v) is 2.57. The van der Waals surface area contributed by atoms with Crippen molar-refractivity contribution in [3.8, 4) is 0 Å². The van der Waals surface area contributed by atoms with E-state index in [1.54, 1.807) is 0 Å². The highest BCUT2D eigenvalue weighted by Gasteiger charge is 2.21. The van der Waals surface area contributed by atoms with E-state index in [0.29, 0.717) is 17.2 Å². The molecular formula is C10H17ClN4OS. The molecular weight excluding hydrogens is 260 g/mol. The summed E-state index contributed by atoms with van der Waals surface area (Å²) in [5.74, 6) is 0.205. The summed E-state index contributed by atoms with van der Waals surface area (Å²) in [5, 5.41) is 17.3. The quantitative estimate of drug-likeness (QED) is 0.303. The molecule has 17 heavy (non-hydrogen) atoms. The largest absolute Gasteiger partial charge is 1.00 e. The number of hydrogen-bond acceptors (Lipinski definition) is 3. The summed E-state index contributed by atoms with van der Waals surface area (Å²) in [6.45, 7) is 4.53. The van der Waals surface area contributed by atoms with Crippen LogP contribution in [0.1, 0.15) is 20.3 Å². The minimum absolute atomic E-state index is 0. The first-order chi connectivity index (χ1) is 7.56. The maximum Gasteiger partial charge on any atom is 0.221 e. The van der Waals surface area contributed by atoms with Crippen LogP contribution in [0, 0.1) is 0 Å². The number of halogens is 1. The minimum Gasteiger partial charge on any atom is -1.00 e. The number of hydrogen-bond donors (Lipinski definition) is 3. The molecule has 0 aromatic carbocycles. The van der Waals surface area contributed by atoms with E-state index >= 15 is 0 Å². The Labute approximate surface area is 113 Å². The minimum atomic E-state index is 0. The average Bonchev–Trinajstić information content (AvgIpc) is 2.25. The molecule has 0 aromatic heterocycles.